The van der Waals surface area contributed by atoms with Crippen molar-refractivity contribution in [3.05, 3.63) is 35.8 Å². The van der Waals surface area contributed by atoms with Crippen molar-refractivity contribution in [2.45, 2.75) is 12.8 Å². The first-order chi connectivity index (χ1) is 8.75. The molecule has 1 fully saturated rings. The van der Waals surface area contributed by atoms with E-state index in [9.17, 15) is 9.18 Å². The lowest BCUT2D eigenvalue weighted by Gasteiger charge is -2.19. The first-order valence-corrected chi connectivity index (χ1v) is 6.20. The van der Waals surface area contributed by atoms with Crippen molar-refractivity contribution in [1.29, 1.82) is 0 Å². The Morgan fingerprint density at radius 2 is 2.11 bits per heavy atom. The molecule has 1 radical (unpaired) electrons. The number of benzene rings is 1. The molecule has 0 saturated carbocycles. The molecule has 1 aliphatic rings. The molecule has 1 saturated heterocycles. The third-order valence-electron chi connectivity index (χ3n) is 3.55. The van der Waals surface area contributed by atoms with Crippen molar-refractivity contribution in [2.24, 2.45) is 5.92 Å². The summed E-state index contributed by atoms with van der Waals surface area (Å²) in [4.78, 5) is 15.4. The molecule has 1 aromatic heterocycles. The average Bonchev–Trinajstić information content (AvgIpc) is 2.82. The monoisotopic (exact) mass is 245 g/mol. The fraction of sp³-hybridized carbons (Fsp3) is 0.357. The van der Waals surface area contributed by atoms with Crippen LogP contribution in [-0.4, -0.2) is 23.9 Å². The molecule has 1 aromatic carbocycles. The molecule has 3 rings (SSSR count). The molecule has 4 heteroatoms. The van der Waals surface area contributed by atoms with Gasteiger partial charge < -0.3 is 4.98 Å². The van der Waals surface area contributed by atoms with Crippen molar-refractivity contribution >= 4 is 16.7 Å². The van der Waals surface area contributed by atoms with Gasteiger partial charge in [-0.15, -0.1) is 0 Å². The molecule has 3 nitrogen and oxygen atoms in total. The van der Waals surface area contributed by atoms with E-state index in [1.807, 2.05) is 0 Å². The Kier molecular flexibility index (Phi) is 2.88. The van der Waals surface area contributed by atoms with Crippen molar-refractivity contribution < 1.29 is 9.18 Å². The van der Waals surface area contributed by atoms with Gasteiger partial charge in [0.2, 0.25) is 0 Å². The lowest BCUT2D eigenvalue weighted by molar-refractivity contribution is 0.0896. The van der Waals surface area contributed by atoms with Gasteiger partial charge in [-0.25, -0.2) is 9.71 Å². The predicted molar refractivity (Wildman–Crippen MR) is 67.2 cm³/mol. The molecular formula is C14H14FN2O. The van der Waals surface area contributed by atoms with Gasteiger partial charge in [0.05, 0.1) is 0 Å². The maximum absolute atomic E-state index is 13.3. The van der Waals surface area contributed by atoms with Gasteiger partial charge in [-0.05, 0) is 31.0 Å². The summed E-state index contributed by atoms with van der Waals surface area (Å²) in [6, 6.07) is 4.48. The van der Waals surface area contributed by atoms with Crippen LogP contribution in [0.15, 0.2) is 24.4 Å². The summed E-state index contributed by atoms with van der Waals surface area (Å²) >= 11 is 0. The van der Waals surface area contributed by atoms with Crippen LogP contribution in [0.3, 0.4) is 0 Å². The Morgan fingerprint density at radius 1 is 1.33 bits per heavy atom. The van der Waals surface area contributed by atoms with Crippen molar-refractivity contribution in [3.8, 4) is 0 Å². The van der Waals surface area contributed by atoms with E-state index in [0.29, 0.717) is 10.9 Å². The van der Waals surface area contributed by atoms with Gasteiger partial charge in [-0.2, -0.15) is 0 Å². The highest BCUT2D eigenvalue weighted by atomic mass is 19.1. The van der Waals surface area contributed by atoms with Gasteiger partial charge in [0.15, 0.2) is 5.78 Å². The Morgan fingerprint density at radius 3 is 2.89 bits per heavy atom. The third kappa shape index (κ3) is 1.93. The highest BCUT2D eigenvalue weighted by Crippen LogP contribution is 2.25. The summed E-state index contributed by atoms with van der Waals surface area (Å²) in [5.74, 6) is -0.165. The van der Waals surface area contributed by atoms with Crippen LogP contribution < -0.4 is 5.32 Å². The number of rotatable bonds is 2. The normalized spacial score (nSPS) is 17.2. The van der Waals surface area contributed by atoms with E-state index in [-0.39, 0.29) is 17.5 Å². The number of Topliss-reactive ketones (excluding diaryl/α,β-unsaturated/α-hetero) is 1. The van der Waals surface area contributed by atoms with E-state index in [1.54, 1.807) is 12.3 Å². The molecule has 0 aliphatic carbocycles. The third-order valence-corrected chi connectivity index (χ3v) is 3.55. The zero-order valence-electron chi connectivity index (χ0n) is 9.95. The first kappa shape index (κ1) is 11.4. The number of carbonyl (C=O) groups is 1. The smallest absolute Gasteiger partial charge is 0.168 e. The molecule has 2 aromatic rings. The minimum absolute atomic E-state index is 0.0322. The fourth-order valence-electron chi connectivity index (χ4n) is 2.53. The minimum Gasteiger partial charge on any atom is -0.360 e. The number of aromatic amines is 1. The molecule has 0 amide bonds. The zero-order valence-corrected chi connectivity index (χ0v) is 9.95. The van der Waals surface area contributed by atoms with Gasteiger partial charge in [-0.3, -0.25) is 4.79 Å². The zero-order chi connectivity index (χ0) is 12.5. The van der Waals surface area contributed by atoms with E-state index in [2.05, 4.69) is 10.3 Å². The van der Waals surface area contributed by atoms with Crippen LogP contribution in [0.1, 0.15) is 23.2 Å². The van der Waals surface area contributed by atoms with E-state index >= 15 is 0 Å². The topological polar surface area (TPSA) is 47.0 Å². The summed E-state index contributed by atoms with van der Waals surface area (Å²) in [6.07, 6.45) is 3.31. The van der Waals surface area contributed by atoms with Crippen LogP contribution >= 0.6 is 0 Å². The molecule has 2 heterocycles. The SMILES string of the molecule is O=C(c1c[nH]c2ccc(F)cc12)C1CC[N]CC1. The lowest BCUT2D eigenvalue weighted by Crippen LogP contribution is -2.27. The van der Waals surface area contributed by atoms with Gasteiger partial charge in [0, 0.05) is 41.7 Å². The number of H-pyrrole nitrogens is 1. The number of carbonyl (C=O) groups excluding carboxylic acids is 1. The Bertz CT molecular complexity index is 584. The van der Waals surface area contributed by atoms with Gasteiger partial charge >= 0.3 is 0 Å². The van der Waals surface area contributed by atoms with Gasteiger partial charge in [0.1, 0.15) is 5.82 Å². The Labute approximate surface area is 104 Å². The standard InChI is InChI=1S/C14H14FN2O/c15-10-1-2-13-11(7-10)12(8-17-13)14(18)9-3-5-16-6-4-9/h1-2,7-9,17H,3-6H2. The number of piperidine rings is 1. The van der Waals surface area contributed by atoms with E-state index in [0.717, 1.165) is 31.4 Å². The van der Waals surface area contributed by atoms with Crippen LogP contribution in [0.2, 0.25) is 0 Å². The predicted octanol–water partition coefficient (Wildman–Crippen LogP) is 2.50. The van der Waals surface area contributed by atoms with Gasteiger partial charge in [0.25, 0.3) is 0 Å². The maximum atomic E-state index is 13.3. The van der Waals surface area contributed by atoms with Crippen molar-refractivity contribution in [1.82, 2.24) is 10.3 Å². The molecule has 0 spiro atoms. The second-order valence-electron chi connectivity index (χ2n) is 4.70. The summed E-state index contributed by atoms with van der Waals surface area (Å²) in [7, 11) is 0. The summed E-state index contributed by atoms with van der Waals surface area (Å²) in [5, 5.41) is 4.93. The minimum atomic E-state index is -0.310. The van der Waals surface area contributed by atoms with Crippen molar-refractivity contribution in [3.63, 3.8) is 0 Å². The molecule has 18 heavy (non-hydrogen) atoms. The van der Waals surface area contributed by atoms with Crippen LogP contribution in [0.4, 0.5) is 4.39 Å². The average molecular weight is 245 g/mol. The fourth-order valence-corrected chi connectivity index (χ4v) is 2.53. The summed E-state index contributed by atoms with van der Waals surface area (Å²) < 4.78 is 13.3. The Hall–Kier alpha value is -1.68. The lowest BCUT2D eigenvalue weighted by atomic mass is 9.89. The van der Waals surface area contributed by atoms with E-state index < -0.39 is 0 Å². The summed E-state index contributed by atoms with van der Waals surface area (Å²) in [5.41, 5.74) is 1.41. The second kappa shape index (κ2) is 4.53. The van der Waals surface area contributed by atoms with Crippen LogP contribution in [-0.2, 0) is 0 Å². The highest BCUT2D eigenvalue weighted by molar-refractivity contribution is 6.08. The molecule has 93 valence electrons. The first-order valence-electron chi connectivity index (χ1n) is 6.20. The van der Waals surface area contributed by atoms with Gasteiger partial charge in [-0.1, -0.05) is 0 Å². The van der Waals surface area contributed by atoms with Crippen LogP contribution in [0.5, 0.6) is 0 Å². The molecule has 0 bridgehead atoms. The number of nitrogens with zero attached hydrogens (tertiary/aromatic N) is 1. The number of fused-ring (bicyclic) bond motifs is 1. The second-order valence-corrected chi connectivity index (χ2v) is 4.70. The molecule has 1 aliphatic heterocycles. The number of hydrogen-bond acceptors (Lipinski definition) is 1. The number of ketones is 1. The number of hydrogen-bond donors (Lipinski definition) is 1. The number of nitrogens with one attached hydrogen (secondary N) is 1. The maximum Gasteiger partial charge on any atom is 0.168 e. The number of aromatic nitrogens is 1. The van der Waals surface area contributed by atoms with E-state index in [1.165, 1.54) is 12.1 Å². The van der Waals surface area contributed by atoms with Crippen LogP contribution in [0, 0.1) is 11.7 Å². The van der Waals surface area contributed by atoms with Crippen molar-refractivity contribution in [2.75, 3.05) is 13.1 Å². The Balaban J connectivity index is 1.98. The molecule has 0 atom stereocenters. The van der Waals surface area contributed by atoms with Crippen LogP contribution in [0.25, 0.3) is 10.9 Å². The summed E-state index contributed by atoms with van der Waals surface area (Å²) in [6.45, 7) is 1.51. The molecule has 1 N–H and O–H groups in total. The highest BCUT2D eigenvalue weighted by Gasteiger charge is 2.24. The number of halogens is 1. The quantitative estimate of drug-likeness (QED) is 0.812. The van der Waals surface area contributed by atoms with E-state index in [4.69, 9.17) is 0 Å². The molecular weight excluding hydrogens is 231 g/mol. The largest absolute Gasteiger partial charge is 0.360 e. The molecule has 0 unspecified atom stereocenters.